The first-order valence-corrected chi connectivity index (χ1v) is 13.4. The van der Waals surface area contributed by atoms with Crippen LogP contribution in [0.1, 0.15) is 33.6 Å². The number of allylic oxidation sites excluding steroid dienone is 1. The fourth-order valence-corrected chi connectivity index (χ4v) is 6.47. The molecule has 1 aromatic heterocycles. The molecule has 4 aromatic rings. The molecular formula is C31H28N2O3S. The molecule has 0 fully saturated rings. The summed E-state index contributed by atoms with van der Waals surface area (Å²) in [7, 11) is 0. The van der Waals surface area contributed by atoms with Gasteiger partial charge in [0.1, 0.15) is 6.61 Å². The molecule has 3 N–H and O–H groups in total. The molecule has 2 aliphatic rings. The van der Waals surface area contributed by atoms with E-state index in [9.17, 15) is 10.0 Å². The normalized spacial score (nSPS) is 13.7. The number of fused-ring (bicyclic) bond motifs is 5. The maximum Gasteiger partial charge on any atom is 0.438 e. The van der Waals surface area contributed by atoms with Crippen LogP contribution in [0.3, 0.4) is 0 Å². The molecule has 0 saturated heterocycles. The maximum absolute atomic E-state index is 12.0. The van der Waals surface area contributed by atoms with Crippen molar-refractivity contribution in [2.75, 3.05) is 18.2 Å². The van der Waals surface area contributed by atoms with E-state index in [0.717, 1.165) is 36.1 Å². The van der Waals surface area contributed by atoms with Crippen LogP contribution in [-0.4, -0.2) is 24.5 Å². The van der Waals surface area contributed by atoms with Crippen LogP contribution in [0, 0.1) is 0 Å². The first-order valence-electron chi connectivity index (χ1n) is 12.6. The van der Waals surface area contributed by atoms with Crippen LogP contribution in [0.25, 0.3) is 33.2 Å². The molecule has 0 spiro atoms. The lowest BCUT2D eigenvalue weighted by atomic mass is 9.78. The van der Waals surface area contributed by atoms with Crippen molar-refractivity contribution in [2.24, 2.45) is 5.73 Å². The summed E-state index contributed by atoms with van der Waals surface area (Å²) in [5.41, 5.74) is 16.6. The molecule has 3 aromatic carbocycles. The highest BCUT2D eigenvalue weighted by Gasteiger charge is 2.23. The molecule has 2 aliphatic carbocycles. The second-order valence-electron chi connectivity index (χ2n) is 9.42. The molecule has 0 saturated carbocycles. The first-order chi connectivity index (χ1) is 18.1. The van der Waals surface area contributed by atoms with E-state index in [-0.39, 0.29) is 13.2 Å². The fraction of sp³-hybridized carbons (Fsp3) is 0.194. The van der Waals surface area contributed by atoms with Crippen molar-refractivity contribution < 1.29 is 14.7 Å². The number of amides is 1. The Morgan fingerprint density at radius 3 is 2.62 bits per heavy atom. The second kappa shape index (κ2) is 9.98. The number of ether oxygens (including phenoxy) is 1. The minimum Gasteiger partial charge on any atom is -0.446 e. The van der Waals surface area contributed by atoms with E-state index >= 15 is 0 Å². The van der Waals surface area contributed by atoms with Crippen molar-refractivity contribution >= 4 is 34.8 Å². The third-order valence-electron chi connectivity index (χ3n) is 7.21. The molecule has 1 amide bonds. The van der Waals surface area contributed by atoms with E-state index in [1.54, 1.807) is 23.5 Å². The number of carbonyl (C=O) groups is 1. The molecule has 6 rings (SSSR count). The zero-order chi connectivity index (χ0) is 25.4. The average Bonchev–Trinajstić information content (AvgIpc) is 3.45. The van der Waals surface area contributed by atoms with Gasteiger partial charge in [0.15, 0.2) is 0 Å². The largest absolute Gasteiger partial charge is 0.446 e. The van der Waals surface area contributed by atoms with Gasteiger partial charge < -0.3 is 10.5 Å². The summed E-state index contributed by atoms with van der Waals surface area (Å²) in [4.78, 5) is 14.3. The molecule has 0 unspecified atom stereocenters. The van der Waals surface area contributed by atoms with Gasteiger partial charge in [0, 0.05) is 16.3 Å². The van der Waals surface area contributed by atoms with Crippen molar-refractivity contribution in [3.63, 3.8) is 0 Å². The van der Waals surface area contributed by atoms with Crippen LogP contribution in [0.4, 0.5) is 10.5 Å². The number of anilines is 1. The number of thiophene rings is 1. The smallest absolute Gasteiger partial charge is 0.438 e. The zero-order valence-corrected chi connectivity index (χ0v) is 21.3. The number of aryl methyl sites for hydroxylation is 1. The molecule has 186 valence electrons. The number of carbonyl (C=O) groups excluding carboxylic acids is 1. The van der Waals surface area contributed by atoms with Gasteiger partial charge in [0.05, 0.1) is 5.69 Å². The third-order valence-corrected chi connectivity index (χ3v) is 8.42. The maximum atomic E-state index is 12.0. The van der Waals surface area contributed by atoms with Crippen molar-refractivity contribution in [1.82, 2.24) is 0 Å². The molecule has 0 radical (unpaired) electrons. The van der Waals surface area contributed by atoms with Gasteiger partial charge >= 0.3 is 6.09 Å². The Balaban J connectivity index is 1.26. The molecule has 37 heavy (non-hydrogen) atoms. The topological polar surface area (TPSA) is 75.8 Å². The molecule has 1 heterocycles. The Morgan fingerprint density at radius 2 is 1.73 bits per heavy atom. The molecule has 5 nitrogen and oxygen atoms in total. The predicted octanol–water partition coefficient (Wildman–Crippen LogP) is 6.96. The summed E-state index contributed by atoms with van der Waals surface area (Å²) in [6, 6.07) is 24.9. The predicted molar refractivity (Wildman–Crippen MR) is 150 cm³/mol. The van der Waals surface area contributed by atoms with Crippen molar-refractivity contribution in [3.8, 4) is 21.6 Å². The van der Waals surface area contributed by atoms with Gasteiger partial charge in [-0.25, -0.2) is 4.79 Å². The van der Waals surface area contributed by atoms with E-state index in [4.69, 9.17) is 10.5 Å². The Kier molecular flexibility index (Phi) is 6.38. The van der Waals surface area contributed by atoms with E-state index in [1.807, 2.05) is 12.1 Å². The van der Waals surface area contributed by atoms with Gasteiger partial charge in [-0.3, -0.25) is 5.21 Å². The monoisotopic (exact) mass is 508 g/mol. The van der Waals surface area contributed by atoms with Gasteiger partial charge in [-0.05, 0) is 94.5 Å². The van der Waals surface area contributed by atoms with E-state index in [1.165, 1.54) is 43.8 Å². The van der Waals surface area contributed by atoms with Crippen LogP contribution in [0.15, 0.2) is 72.8 Å². The fourth-order valence-electron chi connectivity index (χ4n) is 5.42. The van der Waals surface area contributed by atoms with Crippen LogP contribution < -0.4 is 10.8 Å². The minimum absolute atomic E-state index is 0.0538. The Labute approximate surface area is 220 Å². The van der Waals surface area contributed by atoms with E-state index in [0.29, 0.717) is 10.8 Å². The van der Waals surface area contributed by atoms with Gasteiger partial charge in [0.2, 0.25) is 0 Å². The van der Waals surface area contributed by atoms with Crippen LogP contribution in [-0.2, 0) is 24.0 Å². The first kappa shape index (κ1) is 23.7. The van der Waals surface area contributed by atoms with Crippen LogP contribution in [0.5, 0.6) is 0 Å². The van der Waals surface area contributed by atoms with Gasteiger partial charge in [-0.15, -0.1) is 11.3 Å². The van der Waals surface area contributed by atoms with Gasteiger partial charge in [-0.2, -0.15) is 5.06 Å². The quantitative estimate of drug-likeness (QED) is 0.226. The van der Waals surface area contributed by atoms with Crippen molar-refractivity contribution in [1.29, 1.82) is 0 Å². The van der Waals surface area contributed by atoms with Gasteiger partial charge in [0.25, 0.3) is 0 Å². The summed E-state index contributed by atoms with van der Waals surface area (Å²) in [6.45, 7) is 0.257. The van der Waals surface area contributed by atoms with Crippen LogP contribution >= 0.6 is 11.3 Å². The van der Waals surface area contributed by atoms with Gasteiger partial charge in [-0.1, -0.05) is 54.6 Å². The van der Waals surface area contributed by atoms with E-state index in [2.05, 4.69) is 54.6 Å². The van der Waals surface area contributed by atoms with Crippen molar-refractivity contribution in [2.45, 2.75) is 25.7 Å². The molecular weight excluding hydrogens is 480 g/mol. The minimum atomic E-state index is -0.842. The molecule has 6 heteroatoms. The number of hydroxylamine groups is 1. The molecule has 0 bridgehead atoms. The number of nitrogens with two attached hydrogens (primary N) is 1. The highest BCUT2D eigenvalue weighted by atomic mass is 32.1. The van der Waals surface area contributed by atoms with Crippen LogP contribution in [0.2, 0.25) is 0 Å². The number of benzene rings is 3. The number of hydrogen-bond donors (Lipinski definition) is 2. The Morgan fingerprint density at radius 1 is 0.892 bits per heavy atom. The lowest BCUT2D eigenvalue weighted by Gasteiger charge is -2.26. The standard InChI is InChI=1S/C31H28N2O3S/c32-16-17-36-31(34)33(35)24-6-3-5-22(19-24)29-14-15-30(37-29)23-10-11-26-21(18-23)9-13-27-25-7-2-1-4-20(25)8-12-28(26)27/h1-7,9,13-15,18-19,35H,8,10-12,16-17,32H2. The highest BCUT2D eigenvalue weighted by molar-refractivity contribution is 7.16. The average molecular weight is 509 g/mol. The lowest BCUT2D eigenvalue weighted by molar-refractivity contribution is 0.123. The summed E-state index contributed by atoms with van der Waals surface area (Å²) in [5, 5.41) is 10.8. The lowest BCUT2D eigenvalue weighted by Crippen LogP contribution is -2.29. The van der Waals surface area contributed by atoms with E-state index < -0.39 is 6.09 Å². The summed E-state index contributed by atoms with van der Waals surface area (Å²) in [5.74, 6) is 0. The Hall–Kier alpha value is -3.71. The summed E-state index contributed by atoms with van der Waals surface area (Å²) >= 11 is 1.73. The molecule has 0 atom stereocenters. The molecule has 0 aliphatic heterocycles. The Bertz CT molecular complexity index is 1520. The number of hydrogen-bond acceptors (Lipinski definition) is 5. The summed E-state index contributed by atoms with van der Waals surface area (Å²) < 4.78 is 4.92. The third kappa shape index (κ3) is 4.48. The second-order valence-corrected chi connectivity index (χ2v) is 10.5. The highest BCUT2D eigenvalue weighted by Crippen LogP contribution is 2.42. The summed E-state index contributed by atoms with van der Waals surface area (Å²) in [6.07, 6.45) is 5.81. The van der Waals surface area contributed by atoms with Crippen molar-refractivity contribution in [3.05, 3.63) is 99.9 Å². The number of rotatable bonds is 5. The zero-order valence-electron chi connectivity index (χ0n) is 20.4. The SMILES string of the molecule is NCCOC(=O)N(O)c1cccc(-c2ccc(C3=Cc4ccc5c(c4CC3)CCc3ccccc3-5)s2)c1. The number of nitrogens with zero attached hydrogens (tertiary/aromatic N) is 1.